The van der Waals surface area contributed by atoms with Crippen LogP contribution in [0.5, 0.6) is 23.0 Å². The second kappa shape index (κ2) is 6.10. The van der Waals surface area contributed by atoms with Gasteiger partial charge in [0, 0.05) is 0 Å². The van der Waals surface area contributed by atoms with E-state index in [0.29, 0.717) is 13.2 Å². The lowest BCUT2D eigenvalue weighted by molar-refractivity contribution is 0.248. The first-order chi connectivity index (χ1) is 7.70. The van der Waals surface area contributed by atoms with Gasteiger partial charge >= 0.3 is 0 Å². The van der Waals surface area contributed by atoms with Crippen LogP contribution in [0.2, 0.25) is 0 Å². The summed E-state index contributed by atoms with van der Waals surface area (Å²) in [5.74, 6) is 0.403. The molecular weight excluding hydrogens is 208 g/mol. The molecule has 0 atom stereocenters. The quantitative estimate of drug-likeness (QED) is 0.732. The van der Waals surface area contributed by atoms with Gasteiger partial charge in [0.05, 0.1) is 13.2 Å². The lowest BCUT2D eigenvalue weighted by Crippen LogP contribution is -2.01. The molecule has 4 heteroatoms. The summed E-state index contributed by atoms with van der Waals surface area (Å²) in [6, 6.07) is 2.78. The molecule has 0 radical (unpaired) electrons. The van der Waals surface area contributed by atoms with Gasteiger partial charge in [-0.25, -0.2) is 0 Å². The highest BCUT2D eigenvalue weighted by molar-refractivity contribution is 5.57. The van der Waals surface area contributed by atoms with Crippen LogP contribution in [0.15, 0.2) is 12.1 Å². The highest BCUT2D eigenvalue weighted by Gasteiger charge is 2.15. The maximum atomic E-state index is 9.63. The SMILES string of the molecule is CCCOc1c(O)ccc(O)c1OCCC. The number of hydrogen-bond acceptors (Lipinski definition) is 4. The first-order valence-electron chi connectivity index (χ1n) is 5.51. The number of phenols is 2. The number of benzene rings is 1. The average Bonchev–Trinajstić information content (AvgIpc) is 2.29. The summed E-state index contributed by atoms with van der Waals surface area (Å²) in [5.41, 5.74) is 0. The van der Waals surface area contributed by atoms with Gasteiger partial charge in [0.15, 0.2) is 11.5 Å². The van der Waals surface area contributed by atoms with E-state index in [4.69, 9.17) is 9.47 Å². The van der Waals surface area contributed by atoms with Crippen molar-refractivity contribution in [3.05, 3.63) is 12.1 Å². The van der Waals surface area contributed by atoms with Crippen LogP contribution in [0.3, 0.4) is 0 Å². The number of rotatable bonds is 6. The molecule has 0 aromatic heterocycles. The van der Waals surface area contributed by atoms with Gasteiger partial charge in [0.25, 0.3) is 0 Å². The van der Waals surface area contributed by atoms with Crippen LogP contribution in [-0.2, 0) is 0 Å². The van der Waals surface area contributed by atoms with Crippen molar-refractivity contribution >= 4 is 0 Å². The Hall–Kier alpha value is -1.58. The first kappa shape index (κ1) is 12.5. The second-order valence-electron chi connectivity index (χ2n) is 3.46. The molecule has 1 aromatic rings. The highest BCUT2D eigenvalue weighted by atomic mass is 16.5. The van der Waals surface area contributed by atoms with Gasteiger partial charge < -0.3 is 19.7 Å². The Morgan fingerprint density at radius 1 is 0.875 bits per heavy atom. The van der Waals surface area contributed by atoms with Gasteiger partial charge in [-0.15, -0.1) is 0 Å². The minimum absolute atomic E-state index is 0.0163. The number of phenolic OH excluding ortho intramolecular Hbond substituents is 2. The smallest absolute Gasteiger partial charge is 0.207 e. The summed E-state index contributed by atoms with van der Waals surface area (Å²) in [7, 11) is 0. The van der Waals surface area contributed by atoms with Crippen molar-refractivity contribution in [2.24, 2.45) is 0 Å². The molecule has 0 aliphatic rings. The summed E-state index contributed by atoms with van der Waals surface area (Å²) < 4.78 is 10.7. The van der Waals surface area contributed by atoms with E-state index in [-0.39, 0.29) is 23.0 Å². The van der Waals surface area contributed by atoms with E-state index in [1.165, 1.54) is 12.1 Å². The van der Waals surface area contributed by atoms with Crippen LogP contribution >= 0.6 is 0 Å². The molecule has 0 unspecified atom stereocenters. The van der Waals surface area contributed by atoms with Gasteiger partial charge in [-0.1, -0.05) is 13.8 Å². The molecule has 1 rings (SSSR count). The summed E-state index contributed by atoms with van der Waals surface area (Å²) in [6.45, 7) is 4.87. The zero-order valence-electron chi connectivity index (χ0n) is 9.69. The Morgan fingerprint density at radius 3 is 1.56 bits per heavy atom. The molecule has 0 saturated heterocycles. The lowest BCUT2D eigenvalue weighted by Gasteiger charge is -2.14. The third kappa shape index (κ3) is 2.95. The molecule has 0 bridgehead atoms. The molecule has 16 heavy (non-hydrogen) atoms. The molecule has 0 spiro atoms. The molecule has 4 nitrogen and oxygen atoms in total. The van der Waals surface area contributed by atoms with Crippen molar-refractivity contribution in [1.29, 1.82) is 0 Å². The van der Waals surface area contributed by atoms with E-state index in [2.05, 4.69) is 0 Å². The fourth-order valence-corrected chi connectivity index (χ4v) is 1.23. The second-order valence-corrected chi connectivity index (χ2v) is 3.46. The molecule has 0 amide bonds. The lowest BCUT2D eigenvalue weighted by atomic mass is 10.2. The van der Waals surface area contributed by atoms with E-state index in [1.807, 2.05) is 13.8 Å². The Kier molecular flexibility index (Phi) is 4.76. The predicted molar refractivity (Wildman–Crippen MR) is 61.3 cm³/mol. The van der Waals surface area contributed by atoms with Gasteiger partial charge in [-0.05, 0) is 25.0 Å². The fourth-order valence-electron chi connectivity index (χ4n) is 1.23. The molecule has 0 saturated carbocycles. The zero-order valence-corrected chi connectivity index (χ0v) is 9.69. The Balaban J connectivity index is 2.94. The molecule has 0 fully saturated rings. The van der Waals surface area contributed by atoms with Crippen molar-refractivity contribution in [1.82, 2.24) is 0 Å². The minimum Gasteiger partial charge on any atom is -0.504 e. The molecule has 2 N–H and O–H groups in total. The Bertz CT molecular complexity index is 303. The van der Waals surface area contributed by atoms with E-state index in [1.54, 1.807) is 0 Å². The topological polar surface area (TPSA) is 58.9 Å². The standard InChI is InChI=1S/C12H18O4/c1-3-7-15-11-9(13)5-6-10(14)12(11)16-8-4-2/h5-6,13-14H,3-4,7-8H2,1-2H3. The summed E-state index contributed by atoms with van der Waals surface area (Å²) in [6.07, 6.45) is 1.64. The normalized spacial score (nSPS) is 10.1. The summed E-state index contributed by atoms with van der Waals surface area (Å²) >= 11 is 0. The van der Waals surface area contributed by atoms with E-state index in [9.17, 15) is 10.2 Å². The van der Waals surface area contributed by atoms with Gasteiger partial charge in [0.1, 0.15) is 0 Å². The molecule has 90 valence electrons. The van der Waals surface area contributed by atoms with Crippen LogP contribution in [0.1, 0.15) is 26.7 Å². The molecule has 0 aliphatic heterocycles. The zero-order chi connectivity index (χ0) is 12.0. The fraction of sp³-hybridized carbons (Fsp3) is 0.500. The van der Waals surface area contributed by atoms with Crippen molar-refractivity contribution in [2.75, 3.05) is 13.2 Å². The largest absolute Gasteiger partial charge is 0.504 e. The van der Waals surface area contributed by atoms with E-state index >= 15 is 0 Å². The molecular formula is C12H18O4. The third-order valence-electron chi connectivity index (χ3n) is 1.97. The van der Waals surface area contributed by atoms with Crippen molar-refractivity contribution < 1.29 is 19.7 Å². The van der Waals surface area contributed by atoms with Gasteiger partial charge in [-0.2, -0.15) is 0 Å². The van der Waals surface area contributed by atoms with Crippen LogP contribution < -0.4 is 9.47 Å². The van der Waals surface area contributed by atoms with Gasteiger partial charge in [0.2, 0.25) is 11.5 Å². The Morgan fingerprint density at radius 2 is 1.25 bits per heavy atom. The minimum atomic E-state index is -0.0163. The average molecular weight is 226 g/mol. The first-order valence-corrected chi connectivity index (χ1v) is 5.51. The predicted octanol–water partition coefficient (Wildman–Crippen LogP) is 2.68. The highest BCUT2D eigenvalue weighted by Crippen LogP contribution is 2.43. The van der Waals surface area contributed by atoms with E-state index in [0.717, 1.165) is 12.8 Å². The maximum Gasteiger partial charge on any atom is 0.207 e. The van der Waals surface area contributed by atoms with E-state index < -0.39 is 0 Å². The van der Waals surface area contributed by atoms with Crippen molar-refractivity contribution in [2.45, 2.75) is 26.7 Å². The number of ether oxygens (including phenoxy) is 2. The molecule has 1 aromatic carbocycles. The van der Waals surface area contributed by atoms with Crippen LogP contribution in [0.4, 0.5) is 0 Å². The molecule has 0 aliphatic carbocycles. The van der Waals surface area contributed by atoms with Crippen LogP contribution in [0.25, 0.3) is 0 Å². The third-order valence-corrected chi connectivity index (χ3v) is 1.97. The van der Waals surface area contributed by atoms with Gasteiger partial charge in [-0.3, -0.25) is 0 Å². The molecule has 0 heterocycles. The van der Waals surface area contributed by atoms with Crippen molar-refractivity contribution in [3.8, 4) is 23.0 Å². The van der Waals surface area contributed by atoms with Crippen molar-refractivity contribution in [3.63, 3.8) is 0 Å². The number of hydrogen-bond donors (Lipinski definition) is 2. The van der Waals surface area contributed by atoms with Crippen LogP contribution in [-0.4, -0.2) is 23.4 Å². The van der Waals surface area contributed by atoms with Crippen LogP contribution in [0, 0.1) is 0 Å². The number of aromatic hydroxyl groups is 2. The Labute approximate surface area is 95.4 Å². The summed E-state index contributed by atoms with van der Waals surface area (Å²) in [4.78, 5) is 0. The maximum absolute atomic E-state index is 9.63. The monoisotopic (exact) mass is 226 g/mol. The summed E-state index contributed by atoms with van der Waals surface area (Å²) in [5, 5.41) is 19.3.